The molecule has 0 saturated heterocycles. The summed E-state index contributed by atoms with van der Waals surface area (Å²) in [6.07, 6.45) is 0. The van der Waals surface area contributed by atoms with E-state index in [4.69, 9.17) is 4.74 Å². The number of methoxy groups -OCH3 is 1. The van der Waals surface area contributed by atoms with Gasteiger partial charge in [-0.3, -0.25) is 10.1 Å². The molecular weight excluding hydrogens is 392 g/mol. The van der Waals surface area contributed by atoms with Crippen molar-refractivity contribution >= 4 is 39.6 Å². The predicted molar refractivity (Wildman–Crippen MR) is 114 cm³/mol. The van der Waals surface area contributed by atoms with E-state index in [9.17, 15) is 9.59 Å². The molecule has 3 rings (SSSR count). The van der Waals surface area contributed by atoms with Gasteiger partial charge in [0.05, 0.1) is 25.3 Å². The van der Waals surface area contributed by atoms with Crippen LogP contribution in [0.4, 0.5) is 5.00 Å². The Kier molecular flexibility index (Phi) is 6.61. The lowest BCUT2D eigenvalue weighted by Gasteiger charge is -2.18. The monoisotopic (exact) mass is 414 g/mol. The van der Waals surface area contributed by atoms with Gasteiger partial charge in [0.15, 0.2) is 0 Å². The molecule has 0 fully saturated rings. The third-order valence-corrected chi connectivity index (χ3v) is 6.51. The molecule has 0 saturated carbocycles. The molecule has 3 aromatic rings. The second kappa shape index (κ2) is 9.14. The van der Waals surface area contributed by atoms with E-state index in [0.29, 0.717) is 10.6 Å². The Morgan fingerprint density at radius 1 is 1.11 bits per heavy atom. The van der Waals surface area contributed by atoms with Crippen LogP contribution in [0.2, 0.25) is 0 Å². The molecule has 0 aliphatic heterocycles. The number of thiophene rings is 2. The van der Waals surface area contributed by atoms with Gasteiger partial charge in [0.25, 0.3) is 0 Å². The highest BCUT2D eigenvalue weighted by molar-refractivity contribution is 7.16. The summed E-state index contributed by atoms with van der Waals surface area (Å²) in [5, 5.41) is 8.74. The van der Waals surface area contributed by atoms with Crippen LogP contribution in [0, 0.1) is 13.8 Å². The molecule has 1 atom stereocenters. The van der Waals surface area contributed by atoms with Crippen molar-refractivity contribution < 1.29 is 14.3 Å². The quantitative estimate of drug-likeness (QED) is 0.558. The van der Waals surface area contributed by atoms with Gasteiger partial charge in [0.1, 0.15) is 5.00 Å². The first-order chi connectivity index (χ1) is 13.5. The van der Waals surface area contributed by atoms with Crippen molar-refractivity contribution in [3.63, 3.8) is 0 Å². The molecule has 0 radical (unpaired) electrons. The number of ether oxygens (including phenoxy) is 1. The zero-order valence-electron chi connectivity index (χ0n) is 15.9. The fraction of sp³-hybridized carbons (Fsp3) is 0.238. The summed E-state index contributed by atoms with van der Waals surface area (Å²) in [7, 11) is 1.34. The number of carbonyl (C=O) groups excluding carboxylic acids is 2. The minimum atomic E-state index is -0.439. The Hall–Kier alpha value is -2.48. The first-order valence-electron chi connectivity index (χ1n) is 8.81. The molecular formula is C21H22N2O3S2. The van der Waals surface area contributed by atoms with Crippen molar-refractivity contribution in [2.45, 2.75) is 19.9 Å². The largest absolute Gasteiger partial charge is 0.465 e. The molecule has 0 bridgehead atoms. The summed E-state index contributed by atoms with van der Waals surface area (Å²) in [6.45, 7) is 3.89. The van der Waals surface area contributed by atoms with Crippen LogP contribution in [0.3, 0.4) is 0 Å². The molecule has 0 aliphatic carbocycles. The Morgan fingerprint density at radius 3 is 2.50 bits per heavy atom. The van der Waals surface area contributed by atoms with Crippen LogP contribution in [0.25, 0.3) is 0 Å². The van der Waals surface area contributed by atoms with Gasteiger partial charge >= 0.3 is 5.97 Å². The number of amides is 1. The number of hydrogen-bond donors (Lipinski definition) is 2. The topological polar surface area (TPSA) is 67.4 Å². The molecule has 146 valence electrons. The second-order valence-corrected chi connectivity index (χ2v) is 8.47. The van der Waals surface area contributed by atoms with E-state index in [2.05, 4.69) is 16.7 Å². The Balaban J connectivity index is 1.73. The number of hydrogen-bond acceptors (Lipinski definition) is 6. The molecule has 0 spiro atoms. The molecule has 0 unspecified atom stereocenters. The molecule has 28 heavy (non-hydrogen) atoms. The second-order valence-electron chi connectivity index (χ2n) is 6.27. The van der Waals surface area contributed by atoms with Gasteiger partial charge in [-0.25, -0.2) is 4.79 Å². The Bertz CT molecular complexity index is 950. The summed E-state index contributed by atoms with van der Waals surface area (Å²) >= 11 is 3.03. The first kappa shape index (κ1) is 20.3. The van der Waals surface area contributed by atoms with E-state index < -0.39 is 5.97 Å². The van der Waals surface area contributed by atoms with Crippen LogP contribution in [0.5, 0.6) is 0 Å². The van der Waals surface area contributed by atoms with Gasteiger partial charge < -0.3 is 10.1 Å². The zero-order valence-corrected chi connectivity index (χ0v) is 17.6. The Labute approximate surface area is 172 Å². The van der Waals surface area contributed by atoms with E-state index in [-0.39, 0.29) is 18.5 Å². The molecule has 2 heterocycles. The number of anilines is 1. The van der Waals surface area contributed by atoms with Gasteiger partial charge in [-0.05, 0) is 36.4 Å². The number of carbonyl (C=O) groups is 2. The third-order valence-electron chi connectivity index (χ3n) is 4.46. The Morgan fingerprint density at radius 2 is 1.86 bits per heavy atom. The number of aryl methyl sites for hydroxylation is 1. The maximum absolute atomic E-state index is 12.6. The molecule has 5 nitrogen and oxygen atoms in total. The van der Waals surface area contributed by atoms with E-state index in [1.54, 1.807) is 11.3 Å². The van der Waals surface area contributed by atoms with Crippen molar-refractivity contribution in [3.05, 3.63) is 74.3 Å². The van der Waals surface area contributed by atoms with Crippen LogP contribution in [-0.4, -0.2) is 25.5 Å². The van der Waals surface area contributed by atoms with E-state index >= 15 is 0 Å². The predicted octanol–water partition coefficient (Wildman–Crippen LogP) is 4.53. The van der Waals surface area contributed by atoms with Crippen LogP contribution in [0.15, 0.2) is 47.8 Å². The summed E-state index contributed by atoms with van der Waals surface area (Å²) in [6, 6.07) is 14.0. The van der Waals surface area contributed by atoms with E-state index in [1.807, 2.05) is 55.6 Å². The van der Waals surface area contributed by atoms with Gasteiger partial charge in [0.2, 0.25) is 5.91 Å². The molecule has 2 aromatic heterocycles. The SMILES string of the molecule is COC(=O)c1c(NC(=O)CN[C@@H](c2ccccc2)c2cccs2)sc(C)c1C. The van der Waals surface area contributed by atoms with Gasteiger partial charge in [-0.2, -0.15) is 0 Å². The highest BCUT2D eigenvalue weighted by Gasteiger charge is 2.22. The normalized spacial score (nSPS) is 11.8. The number of esters is 1. The van der Waals surface area contributed by atoms with Crippen molar-refractivity contribution in [2.75, 3.05) is 19.0 Å². The number of nitrogens with one attached hydrogen (secondary N) is 2. The highest BCUT2D eigenvalue weighted by Crippen LogP contribution is 2.33. The van der Waals surface area contributed by atoms with E-state index in [0.717, 1.165) is 20.9 Å². The van der Waals surface area contributed by atoms with Crippen molar-refractivity contribution in [1.29, 1.82) is 0 Å². The summed E-state index contributed by atoms with van der Waals surface area (Å²) < 4.78 is 4.86. The average Bonchev–Trinajstić information content (AvgIpc) is 3.31. The lowest BCUT2D eigenvalue weighted by molar-refractivity contribution is -0.115. The molecule has 0 aliphatic rings. The van der Waals surface area contributed by atoms with Crippen LogP contribution >= 0.6 is 22.7 Å². The summed E-state index contributed by atoms with van der Waals surface area (Å²) in [4.78, 5) is 26.8. The lowest BCUT2D eigenvalue weighted by atomic mass is 10.1. The van der Waals surface area contributed by atoms with Crippen molar-refractivity contribution in [1.82, 2.24) is 5.32 Å². The zero-order chi connectivity index (χ0) is 20.1. The lowest BCUT2D eigenvalue weighted by Crippen LogP contribution is -2.31. The highest BCUT2D eigenvalue weighted by atomic mass is 32.1. The van der Waals surface area contributed by atoms with Crippen LogP contribution in [0.1, 0.15) is 37.3 Å². The maximum Gasteiger partial charge on any atom is 0.341 e. The standard InChI is InChI=1S/C21H22N2O3S2/c1-13-14(2)28-20(18(13)21(25)26-3)23-17(24)12-22-19(16-10-7-11-27-16)15-8-5-4-6-9-15/h4-11,19,22H,12H2,1-3H3,(H,23,24)/t19-/m0/s1. The maximum atomic E-state index is 12.6. The number of rotatable bonds is 7. The minimum absolute atomic E-state index is 0.0705. The van der Waals surface area contributed by atoms with Crippen molar-refractivity contribution in [2.24, 2.45) is 0 Å². The fourth-order valence-corrected chi connectivity index (χ4v) is 4.80. The van der Waals surface area contributed by atoms with Crippen molar-refractivity contribution in [3.8, 4) is 0 Å². The fourth-order valence-electron chi connectivity index (χ4n) is 2.91. The molecule has 1 aromatic carbocycles. The van der Waals surface area contributed by atoms with Gasteiger partial charge in [0, 0.05) is 9.75 Å². The van der Waals surface area contributed by atoms with Gasteiger partial charge in [-0.1, -0.05) is 36.4 Å². The van der Waals surface area contributed by atoms with Crippen LogP contribution < -0.4 is 10.6 Å². The smallest absolute Gasteiger partial charge is 0.341 e. The minimum Gasteiger partial charge on any atom is -0.465 e. The van der Waals surface area contributed by atoms with E-state index in [1.165, 1.54) is 18.4 Å². The average molecular weight is 415 g/mol. The molecule has 1 amide bonds. The van der Waals surface area contributed by atoms with Gasteiger partial charge in [-0.15, -0.1) is 22.7 Å². The first-order valence-corrected chi connectivity index (χ1v) is 10.5. The third kappa shape index (κ3) is 4.49. The number of benzene rings is 1. The summed E-state index contributed by atoms with van der Waals surface area (Å²) in [5.74, 6) is -0.644. The van der Waals surface area contributed by atoms with Crippen LogP contribution in [-0.2, 0) is 9.53 Å². The summed E-state index contributed by atoms with van der Waals surface area (Å²) in [5.41, 5.74) is 2.35. The molecule has 7 heteroatoms. The molecule has 2 N–H and O–H groups in total.